The van der Waals surface area contributed by atoms with E-state index >= 15 is 0 Å². The Kier molecular flexibility index (Phi) is 10.3. The number of allylic oxidation sites excluding steroid dienone is 2. The van der Waals surface area contributed by atoms with Gasteiger partial charge in [-0.15, -0.1) is 0 Å². The lowest BCUT2D eigenvalue weighted by atomic mass is 9.61. The molecular weight excluding hydrogens is 703 g/mol. The minimum absolute atomic E-state index is 0.0917. The van der Waals surface area contributed by atoms with E-state index in [9.17, 15) is 24.6 Å². The number of nitrogens with one attached hydrogen (secondary N) is 1. The van der Waals surface area contributed by atoms with E-state index in [1.165, 1.54) is 0 Å². The van der Waals surface area contributed by atoms with Crippen LogP contribution in [-0.4, -0.2) is 82.0 Å². The molecule has 1 spiro atoms. The smallest absolute Gasteiger partial charge is 0.339 e. The van der Waals surface area contributed by atoms with Crippen molar-refractivity contribution >= 4 is 44.4 Å². The Hall–Kier alpha value is -3.65. The van der Waals surface area contributed by atoms with Gasteiger partial charge in [0.15, 0.2) is 11.2 Å². The van der Waals surface area contributed by atoms with Crippen LogP contribution in [0.25, 0.3) is 11.0 Å². The number of rotatable bonds is 7. The predicted molar refractivity (Wildman–Crippen MR) is 203 cm³/mol. The van der Waals surface area contributed by atoms with E-state index in [0.29, 0.717) is 65.2 Å². The number of dihydropyridines is 1. The normalized spacial score (nSPS) is 28.1. The summed E-state index contributed by atoms with van der Waals surface area (Å²) in [5.41, 5.74) is 8.75. The number of nitrogens with two attached hydrogens (primary N) is 1. The first-order valence-corrected chi connectivity index (χ1v) is 20.5. The molecule has 278 valence electrons. The van der Waals surface area contributed by atoms with Crippen LogP contribution in [-0.2, 0) is 27.2 Å². The van der Waals surface area contributed by atoms with Crippen LogP contribution in [0.2, 0.25) is 0 Å². The van der Waals surface area contributed by atoms with Crippen LogP contribution in [0.15, 0.2) is 73.8 Å². The molecule has 1 amide bonds. The molecule has 0 bridgehead atoms. The number of hydrogen-bond donors (Lipinski definition) is 4. The summed E-state index contributed by atoms with van der Waals surface area (Å²) in [6.07, 6.45) is 8.49. The fraction of sp³-hybridized carbons (Fsp3) is 0.513. The molecule has 5 N–H and O–H groups in total. The quantitative estimate of drug-likeness (QED) is 0.105. The van der Waals surface area contributed by atoms with Gasteiger partial charge in [-0.25, -0.2) is 9.59 Å². The molecule has 1 saturated heterocycles. The van der Waals surface area contributed by atoms with Gasteiger partial charge in [0.2, 0.25) is 5.91 Å². The molecule has 0 radical (unpaired) electrons. The molecule has 5 atom stereocenters. The predicted octanol–water partition coefficient (Wildman–Crippen LogP) is 4.30. The second kappa shape index (κ2) is 14.6. The summed E-state index contributed by atoms with van der Waals surface area (Å²) in [5, 5.41) is 23.3. The van der Waals surface area contributed by atoms with Gasteiger partial charge in [-0.2, -0.15) is 0 Å². The number of ether oxygens (including phenoxy) is 2. The van der Waals surface area contributed by atoms with Gasteiger partial charge >= 0.3 is 11.6 Å². The molecule has 13 heteroatoms. The number of esters is 1. The van der Waals surface area contributed by atoms with E-state index in [2.05, 4.69) is 11.4 Å². The standard InChI is InChI=1S/C39H47N3O8S2/c1-4-22(2)36(46)50-38(3)8-5-24-20-51-52-21-29-6-9-42(29)34(45)14-28-18-41-33(40)15-30(28)35(24)39(38)17-27-13-25-12-26(11-23(19-44)7-10-43)37(47)48-31(25)16-32(27)49-39/h4-5,12-13,15-16,23,29,35,41,43-44H,6-11,14,17-21,40H2,1-3H3. The van der Waals surface area contributed by atoms with E-state index in [-0.39, 0.29) is 43.9 Å². The van der Waals surface area contributed by atoms with E-state index in [0.717, 1.165) is 41.0 Å². The van der Waals surface area contributed by atoms with Gasteiger partial charge in [0.05, 0.1) is 18.2 Å². The third kappa shape index (κ3) is 6.58. The second-order valence-electron chi connectivity index (χ2n) is 14.8. The van der Waals surface area contributed by atoms with Crippen molar-refractivity contribution in [2.75, 3.05) is 37.8 Å². The number of carbonyl (C=O) groups excluding carboxylic acids is 2. The molecule has 7 rings (SSSR count). The van der Waals surface area contributed by atoms with Crippen molar-refractivity contribution in [3.63, 3.8) is 0 Å². The molecule has 11 nitrogen and oxygen atoms in total. The average Bonchev–Trinajstić information content (AvgIpc) is 3.47. The molecule has 4 aliphatic heterocycles. The number of benzene rings is 1. The third-order valence-corrected chi connectivity index (χ3v) is 13.9. The molecule has 1 aromatic heterocycles. The largest absolute Gasteiger partial charge is 0.481 e. The third-order valence-electron chi connectivity index (χ3n) is 11.5. The van der Waals surface area contributed by atoms with Gasteiger partial charge in [-0.1, -0.05) is 39.3 Å². The molecule has 5 unspecified atom stereocenters. The van der Waals surface area contributed by atoms with Crippen LogP contribution in [0.4, 0.5) is 0 Å². The van der Waals surface area contributed by atoms with Crippen LogP contribution in [0.1, 0.15) is 57.6 Å². The zero-order chi connectivity index (χ0) is 36.8. The zero-order valence-corrected chi connectivity index (χ0v) is 31.5. The Bertz CT molecular complexity index is 1970. The van der Waals surface area contributed by atoms with Gasteiger partial charge in [-0.3, -0.25) is 4.79 Å². The van der Waals surface area contributed by atoms with Gasteiger partial charge in [0.25, 0.3) is 0 Å². The topological polar surface area (TPSA) is 165 Å². The van der Waals surface area contributed by atoms with Gasteiger partial charge in [0, 0.05) is 79.3 Å². The molecule has 1 fully saturated rings. The van der Waals surface area contributed by atoms with Crippen molar-refractivity contribution in [2.24, 2.45) is 17.6 Å². The molecule has 52 heavy (non-hydrogen) atoms. The fourth-order valence-electron chi connectivity index (χ4n) is 8.23. The molecule has 1 aromatic carbocycles. The molecular formula is C39H47N3O8S2. The van der Waals surface area contributed by atoms with E-state index in [1.807, 2.05) is 24.0 Å². The number of nitrogens with zero attached hydrogens (tertiary/aromatic N) is 1. The van der Waals surface area contributed by atoms with E-state index in [1.54, 1.807) is 53.6 Å². The lowest BCUT2D eigenvalue weighted by molar-refractivity contribution is -0.186. The monoisotopic (exact) mass is 749 g/mol. The minimum Gasteiger partial charge on any atom is -0.481 e. The molecule has 2 aromatic rings. The van der Waals surface area contributed by atoms with Crippen LogP contribution in [0.3, 0.4) is 0 Å². The average molecular weight is 750 g/mol. The summed E-state index contributed by atoms with van der Waals surface area (Å²) < 4.78 is 19.6. The fourth-order valence-corrected chi connectivity index (χ4v) is 10.8. The number of aliphatic hydroxyl groups is 2. The summed E-state index contributed by atoms with van der Waals surface area (Å²) in [4.78, 5) is 42.6. The Morgan fingerprint density at radius 2 is 2.08 bits per heavy atom. The van der Waals surface area contributed by atoms with Crippen molar-refractivity contribution in [3.8, 4) is 5.75 Å². The number of amides is 1. The minimum atomic E-state index is -1.16. The molecule has 1 aliphatic carbocycles. The first kappa shape index (κ1) is 36.7. The Balaban J connectivity index is 1.38. The molecule has 5 aliphatic rings. The highest BCUT2D eigenvalue weighted by molar-refractivity contribution is 8.76. The van der Waals surface area contributed by atoms with Crippen LogP contribution in [0, 0.1) is 11.8 Å². The number of aliphatic hydroxyl groups excluding tert-OH is 2. The Labute approximate surface area is 311 Å². The number of fused-ring (bicyclic) bond motifs is 6. The molecule has 5 heterocycles. The zero-order valence-electron chi connectivity index (χ0n) is 29.9. The number of carbonyl (C=O) groups is 2. The van der Waals surface area contributed by atoms with E-state index in [4.69, 9.17) is 19.6 Å². The highest BCUT2D eigenvalue weighted by Gasteiger charge is 2.64. The van der Waals surface area contributed by atoms with Crippen molar-refractivity contribution in [3.05, 3.63) is 86.1 Å². The maximum Gasteiger partial charge on any atom is 0.339 e. The lowest BCUT2D eigenvalue weighted by Crippen LogP contribution is -2.65. The Morgan fingerprint density at radius 1 is 1.25 bits per heavy atom. The summed E-state index contributed by atoms with van der Waals surface area (Å²) in [6.45, 7) is 6.38. The van der Waals surface area contributed by atoms with Crippen molar-refractivity contribution in [1.82, 2.24) is 10.2 Å². The lowest BCUT2D eigenvalue weighted by Gasteiger charge is -2.53. The summed E-state index contributed by atoms with van der Waals surface area (Å²) in [7, 11) is 3.54. The SMILES string of the molecule is CC=C(C)C(=O)OC1(C)CC=C2CSSCC3CCN3C(=O)CC3=C(C=C(N)NC3)C2C12Cc1cc3cc(CC(CO)CCO)c(=O)oc3cc1O2. The summed E-state index contributed by atoms with van der Waals surface area (Å²) in [5.74, 6) is 1.52. The maximum absolute atomic E-state index is 13.8. The summed E-state index contributed by atoms with van der Waals surface area (Å²) in [6, 6.07) is 5.74. The van der Waals surface area contributed by atoms with Gasteiger partial charge in [0.1, 0.15) is 11.3 Å². The van der Waals surface area contributed by atoms with Crippen molar-refractivity contribution < 1.29 is 33.7 Å². The maximum atomic E-state index is 13.8. The number of hydrogen-bond acceptors (Lipinski definition) is 12. The van der Waals surface area contributed by atoms with Crippen LogP contribution >= 0.6 is 21.6 Å². The van der Waals surface area contributed by atoms with Crippen molar-refractivity contribution in [2.45, 2.75) is 76.5 Å². The van der Waals surface area contributed by atoms with Crippen LogP contribution in [0.5, 0.6) is 5.75 Å². The highest BCUT2D eigenvalue weighted by atomic mass is 33.1. The first-order valence-electron chi connectivity index (χ1n) is 18.0. The highest BCUT2D eigenvalue weighted by Crippen LogP contribution is 2.57. The van der Waals surface area contributed by atoms with E-state index < -0.39 is 28.7 Å². The summed E-state index contributed by atoms with van der Waals surface area (Å²) >= 11 is 0. The molecule has 0 saturated carbocycles. The van der Waals surface area contributed by atoms with Crippen LogP contribution < -0.4 is 21.4 Å². The first-order chi connectivity index (χ1) is 25.0. The van der Waals surface area contributed by atoms with Gasteiger partial charge < -0.3 is 40.1 Å². The van der Waals surface area contributed by atoms with Gasteiger partial charge in [-0.05, 0) is 80.9 Å². The Morgan fingerprint density at radius 3 is 2.81 bits per heavy atom. The van der Waals surface area contributed by atoms with Crippen molar-refractivity contribution in [1.29, 1.82) is 0 Å². The second-order valence-corrected chi connectivity index (χ2v) is 17.3.